The van der Waals surface area contributed by atoms with Crippen molar-refractivity contribution in [2.75, 3.05) is 26.1 Å². The van der Waals surface area contributed by atoms with Crippen LogP contribution in [0.3, 0.4) is 0 Å². The standard InChI is InChI=1S/C22H28N2O5S/c1-28-18-13-14-20(21(15-18)29-2)23-22(25)16-24(17-9-5-3-6-10-17)30(26,27)19-11-7-4-8-12-19/h4,7-8,11-15,17H,3,5-6,9-10,16H2,1-2H3,(H,23,25). The molecule has 1 aliphatic carbocycles. The molecular weight excluding hydrogens is 404 g/mol. The lowest BCUT2D eigenvalue weighted by Crippen LogP contribution is -2.45. The number of carbonyl (C=O) groups is 1. The Labute approximate surface area is 178 Å². The molecule has 0 bridgehead atoms. The van der Waals surface area contributed by atoms with Gasteiger partial charge in [-0.3, -0.25) is 4.79 Å². The van der Waals surface area contributed by atoms with Crippen molar-refractivity contribution >= 4 is 21.6 Å². The maximum atomic E-state index is 13.3. The van der Waals surface area contributed by atoms with E-state index in [4.69, 9.17) is 9.47 Å². The van der Waals surface area contributed by atoms with E-state index in [9.17, 15) is 13.2 Å². The highest BCUT2D eigenvalue weighted by molar-refractivity contribution is 7.89. The van der Waals surface area contributed by atoms with Gasteiger partial charge in [-0.1, -0.05) is 37.5 Å². The van der Waals surface area contributed by atoms with E-state index in [-0.39, 0.29) is 17.5 Å². The molecule has 1 amide bonds. The summed E-state index contributed by atoms with van der Waals surface area (Å²) >= 11 is 0. The van der Waals surface area contributed by atoms with Gasteiger partial charge in [-0.05, 0) is 37.1 Å². The summed E-state index contributed by atoms with van der Waals surface area (Å²) in [6.45, 7) is -0.253. The van der Waals surface area contributed by atoms with E-state index < -0.39 is 15.9 Å². The number of carbonyl (C=O) groups excluding carboxylic acids is 1. The highest BCUT2D eigenvalue weighted by Gasteiger charge is 2.34. The van der Waals surface area contributed by atoms with Crippen LogP contribution in [0.2, 0.25) is 0 Å². The van der Waals surface area contributed by atoms with Crippen molar-refractivity contribution in [3.8, 4) is 11.5 Å². The molecule has 8 heteroatoms. The Morgan fingerprint density at radius 3 is 2.37 bits per heavy atom. The van der Waals surface area contributed by atoms with Crippen LogP contribution in [-0.4, -0.2) is 45.4 Å². The first kappa shape index (κ1) is 22.1. The van der Waals surface area contributed by atoms with Crippen LogP contribution in [-0.2, 0) is 14.8 Å². The number of rotatable bonds is 8. The quantitative estimate of drug-likeness (QED) is 0.688. The molecule has 1 aliphatic rings. The van der Waals surface area contributed by atoms with Crippen LogP contribution in [0.25, 0.3) is 0 Å². The van der Waals surface area contributed by atoms with Gasteiger partial charge in [0.1, 0.15) is 11.5 Å². The third kappa shape index (κ3) is 5.12. The fraction of sp³-hybridized carbons (Fsp3) is 0.409. The van der Waals surface area contributed by atoms with E-state index in [2.05, 4.69) is 5.32 Å². The monoisotopic (exact) mass is 432 g/mol. The molecule has 0 heterocycles. The Morgan fingerprint density at radius 1 is 1.03 bits per heavy atom. The summed E-state index contributed by atoms with van der Waals surface area (Å²) in [6.07, 6.45) is 4.51. The number of ether oxygens (including phenoxy) is 2. The SMILES string of the molecule is COc1ccc(NC(=O)CN(C2CCCCC2)S(=O)(=O)c2ccccc2)c(OC)c1. The maximum absolute atomic E-state index is 13.3. The van der Waals surface area contributed by atoms with Gasteiger partial charge in [0, 0.05) is 12.1 Å². The van der Waals surface area contributed by atoms with Crippen molar-refractivity contribution in [2.45, 2.75) is 43.0 Å². The normalized spacial score (nSPS) is 15.0. The lowest BCUT2D eigenvalue weighted by Gasteiger charge is -2.33. The molecule has 7 nitrogen and oxygen atoms in total. The molecule has 0 atom stereocenters. The molecular formula is C22H28N2O5S. The van der Waals surface area contributed by atoms with E-state index in [1.807, 2.05) is 0 Å². The molecule has 2 aromatic rings. The number of nitrogens with zero attached hydrogens (tertiary/aromatic N) is 1. The zero-order valence-corrected chi connectivity index (χ0v) is 18.2. The summed E-state index contributed by atoms with van der Waals surface area (Å²) < 4.78 is 38.5. The van der Waals surface area contributed by atoms with Gasteiger partial charge in [0.25, 0.3) is 0 Å². The first-order valence-corrected chi connectivity index (χ1v) is 11.5. The third-order valence-electron chi connectivity index (χ3n) is 5.31. The number of anilines is 1. The molecule has 0 radical (unpaired) electrons. The second-order valence-electron chi connectivity index (χ2n) is 7.27. The first-order valence-electron chi connectivity index (χ1n) is 10.0. The van der Waals surface area contributed by atoms with Crippen molar-refractivity contribution in [3.63, 3.8) is 0 Å². The Bertz CT molecular complexity index is 957. The molecule has 3 rings (SSSR count). The molecule has 162 valence electrons. The average molecular weight is 433 g/mol. The van der Waals surface area contributed by atoms with Crippen molar-refractivity contribution in [1.82, 2.24) is 4.31 Å². The van der Waals surface area contributed by atoms with E-state index in [0.717, 1.165) is 32.1 Å². The van der Waals surface area contributed by atoms with Crippen LogP contribution < -0.4 is 14.8 Å². The van der Waals surface area contributed by atoms with Gasteiger partial charge in [0.05, 0.1) is 31.3 Å². The van der Waals surface area contributed by atoms with E-state index in [1.165, 1.54) is 11.4 Å². The number of methoxy groups -OCH3 is 2. The van der Waals surface area contributed by atoms with Gasteiger partial charge in [0.2, 0.25) is 15.9 Å². The summed E-state index contributed by atoms with van der Waals surface area (Å²) in [5.41, 5.74) is 0.462. The van der Waals surface area contributed by atoms with Gasteiger partial charge in [-0.15, -0.1) is 0 Å². The second kappa shape index (κ2) is 9.95. The predicted molar refractivity (Wildman–Crippen MR) is 115 cm³/mol. The molecule has 0 spiro atoms. The summed E-state index contributed by atoms with van der Waals surface area (Å²) in [4.78, 5) is 13.1. The first-order chi connectivity index (χ1) is 14.5. The largest absolute Gasteiger partial charge is 0.497 e. The minimum atomic E-state index is -3.79. The Morgan fingerprint density at radius 2 is 1.73 bits per heavy atom. The van der Waals surface area contributed by atoms with E-state index >= 15 is 0 Å². The fourth-order valence-corrected chi connectivity index (χ4v) is 5.40. The number of benzene rings is 2. The summed E-state index contributed by atoms with van der Waals surface area (Å²) in [7, 11) is -0.749. The lowest BCUT2D eigenvalue weighted by atomic mass is 9.95. The second-order valence-corrected chi connectivity index (χ2v) is 9.16. The minimum Gasteiger partial charge on any atom is -0.497 e. The van der Waals surface area contributed by atoms with Gasteiger partial charge in [-0.2, -0.15) is 4.31 Å². The topological polar surface area (TPSA) is 84.9 Å². The Hall–Kier alpha value is -2.58. The zero-order valence-electron chi connectivity index (χ0n) is 17.3. The van der Waals surface area contributed by atoms with Crippen LogP contribution in [0, 0.1) is 0 Å². The molecule has 30 heavy (non-hydrogen) atoms. The predicted octanol–water partition coefficient (Wildman–Crippen LogP) is 3.67. The summed E-state index contributed by atoms with van der Waals surface area (Å²) in [5, 5.41) is 2.78. The molecule has 1 fully saturated rings. The van der Waals surface area contributed by atoms with Gasteiger partial charge >= 0.3 is 0 Å². The van der Waals surface area contributed by atoms with Gasteiger partial charge in [0.15, 0.2) is 0 Å². The lowest BCUT2D eigenvalue weighted by molar-refractivity contribution is -0.116. The van der Waals surface area contributed by atoms with Crippen LogP contribution in [0.15, 0.2) is 53.4 Å². The molecule has 0 saturated heterocycles. The Balaban J connectivity index is 1.84. The fourth-order valence-electron chi connectivity index (χ4n) is 3.74. The molecule has 0 unspecified atom stereocenters. The Kier molecular flexibility index (Phi) is 7.33. The van der Waals surface area contributed by atoms with Gasteiger partial charge < -0.3 is 14.8 Å². The molecule has 1 N–H and O–H groups in total. The summed E-state index contributed by atoms with van der Waals surface area (Å²) in [5.74, 6) is 0.627. The summed E-state index contributed by atoms with van der Waals surface area (Å²) in [6, 6.07) is 13.1. The van der Waals surface area contributed by atoms with E-state index in [1.54, 1.807) is 55.6 Å². The molecule has 2 aromatic carbocycles. The number of nitrogens with one attached hydrogen (secondary N) is 1. The van der Waals surface area contributed by atoms with Crippen molar-refractivity contribution in [2.24, 2.45) is 0 Å². The number of amides is 1. The van der Waals surface area contributed by atoms with Crippen LogP contribution >= 0.6 is 0 Å². The smallest absolute Gasteiger partial charge is 0.243 e. The average Bonchev–Trinajstić information content (AvgIpc) is 2.78. The van der Waals surface area contributed by atoms with Crippen LogP contribution in [0.5, 0.6) is 11.5 Å². The minimum absolute atomic E-state index is 0.188. The van der Waals surface area contributed by atoms with Crippen molar-refractivity contribution in [3.05, 3.63) is 48.5 Å². The third-order valence-corrected chi connectivity index (χ3v) is 7.23. The van der Waals surface area contributed by atoms with E-state index in [0.29, 0.717) is 17.2 Å². The highest BCUT2D eigenvalue weighted by Crippen LogP contribution is 2.30. The highest BCUT2D eigenvalue weighted by atomic mass is 32.2. The van der Waals surface area contributed by atoms with Crippen LogP contribution in [0.1, 0.15) is 32.1 Å². The molecule has 1 saturated carbocycles. The maximum Gasteiger partial charge on any atom is 0.243 e. The van der Waals surface area contributed by atoms with Gasteiger partial charge in [-0.25, -0.2) is 8.42 Å². The van der Waals surface area contributed by atoms with Crippen molar-refractivity contribution < 1.29 is 22.7 Å². The molecule has 0 aromatic heterocycles. The van der Waals surface area contributed by atoms with Crippen LogP contribution in [0.4, 0.5) is 5.69 Å². The number of hydrogen-bond acceptors (Lipinski definition) is 5. The molecule has 0 aliphatic heterocycles. The number of sulfonamides is 1. The number of hydrogen-bond donors (Lipinski definition) is 1. The van der Waals surface area contributed by atoms with Crippen molar-refractivity contribution in [1.29, 1.82) is 0 Å². The zero-order chi connectivity index (χ0) is 21.6.